The molecule has 0 fully saturated rings. The molecular formula is C15H13Cl2N3O. The molecule has 0 aliphatic heterocycles. The van der Waals surface area contributed by atoms with Crippen LogP contribution in [0.1, 0.15) is 5.69 Å². The van der Waals surface area contributed by atoms with Crippen molar-refractivity contribution in [3.05, 3.63) is 58.3 Å². The van der Waals surface area contributed by atoms with E-state index in [-0.39, 0.29) is 0 Å². The van der Waals surface area contributed by atoms with Crippen molar-refractivity contribution in [2.24, 2.45) is 0 Å². The van der Waals surface area contributed by atoms with Gasteiger partial charge in [-0.3, -0.25) is 4.40 Å². The molecule has 4 nitrogen and oxygen atoms in total. The summed E-state index contributed by atoms with van der Waals surface area (Å²) in [4.78, 5) is 4.50. The van der Waals surface area contributed by atoms with E-state index in [0.29, 0.717) is 28.2 Å². The van der Waals surface area contributed by atoms with Crippen molar-refractivity contribution in [1.82, 2.24) is 14.7 Å². The minimum Gasteiger partial charge on any atom is -0.436 e. The molecule has 3 rings (SSSR count). The highest BCUT2D eigenvalue weighted by molar-refractivity contribution is 6.42. The first-order valence-electron chi connectivity index (χ1n) is 6.43. The molecule has 0 atom stereocenters. The number of aromatic nitrogens is 2. The summed E-state index contributed by atoms with van der Waals surface area (Å²) >= 11 is 12.2. The Morgan fingerprint density at radius 1 is 1.19 bits per heavy atom. The van der Waals surface area contributed by atoms with Crippen LogP contribution in [0.5, 0.6) is 11.6 Å². The summed E-state index contributed by atoms with van der Waals surface area (Å²) in [6.45, 7) is 0.624. The molecule has 1 aromatic carbocycles. The third kappa shape index (κ3) is 2.70. The molecule has 2 aromatic heterocycles. The molecule has 0 aliphatic rings. The van der Waals surface area contributed by atoms with E-state index in [2.05, 4.69) is 10.3 Å². The van der Waals surface area contributed by atoms with Gasteiger partial charge >= 0.3 is 0 Å². The van der Waals surface area contributed by atoms with Crippen molar-refractivity contribution < 1.29 is 4.74 Å². The van der Waals surface area contributed by atoms with Crippen LogP contribution in [0, 0.1) is 0 Å². The van der Waals surface area contributed by atoms with Gasteiger partial charge in [0.2, 0.25) is 5.88 Å². The van der Waals surface area contributed by atoms with Crippen LogP contribution < -0.4 is 10.1 Å². The maximum Gasteiger partial charge on any atom is 0.242 e. The second kappa shape index (κ2) is 5.93. The zero-order valence-electron chi connectivity index (χ0n) is 11.3. The van der Waals surface area contributed by atoms with E-state index >= 15 is 0 Å². The topological polar surface area (TPSA) is 38.6 Å². The molecule has 6 heteroatoms. The maximum absolute atomic E-state index is 6.16. The lowest BCUT2D eigenvalue weighted by Crippen LogP contribution is -2.08. The van der Waals surface area contributed by atoms with Crippen molar-refractivity contribution >= 4 is 28.8 Å². The van der Waals surface area contributed by atoms with Gasteiger partial charge in [-0.2, -0.15) is 4.98 Å². The van der Waals surface area contributed by atoms with Crippen molar-refractivity contribution in [3.63, 3.8) is 0 Å². The Kier molecular flexibility index (Phi) is 4.01. The van der Waals surface area contributed by atoms with Gasteiger partial charge in [-0.25, -0.2) is 0 Å². The summed E-state index contributed by atoms with van der Waals surface area (Å²) in [6, 6.07) is 11.1. The number of benzene rings is 1. The number of halogens is 2. The van der Waals surface area contributed by atoms with Gasteiger partial charge < -0.3 is 10.1 Å². The van der Waals surface area contributed by atoms with Crippen LogP contribution >= 0.6 is 23.2 Å². The highest BCUT2D eigenvalue weighted by Gasteiger charge is 2.15. The van der Waals surface area contributed by atoms with E-state index in [4.69, 9.17) is 27.9 Å². The molecule has 0 saturated carbocycles. The highest BCUT2D eigenvalue weighted by Crippen LogP contribution is 2.35. The van der Waals surface area contributed by atoms with Gasteiger partial charge in [0.1, 0.15) is 22.1 Å². The number of ether oxygens (including phenoxy) is 1. The molecule has 108 valence electrons. The molecule has 21 heavy (non-hydrogen) atoms. The van der Waals surface area contributed by atoms with E-state index in [1.54, 1.807) is 18.2 Å². The fourth-order valence-electron chi connectivity index (χ4n) is 2.10. The van der Waals surface area contributed by atoms with Gasteiger partial charge in [0.25, 0.3) is 0 Å². The molecule has 0 saturated heterocycles. The maximum atomic E-state index is 6.16. The van der Waals surface area contributed by atoms with Gasteiger partial charge in [-0.1, -0.05) is 35.3 Å². The lowest BCUT2D eigenvalue weighted by Gasteiger charge is -2.08. The normalized spacial score (nSPS) is 11.0. The average Bonchev–Trinajstić information content (AvgIpc) is 2.82. The van der Waals surface area contributed by atoms with Gasteiger partial charge in [0, 0.05) is 12.7 Å². The molecule has 2 heterocycles. The summed E-state index contributed by atoms with van der Waals surface area (Å²) in [6.07, 6.45) is 1.95. The molecule has 0 radical (unpaired) electrons. The fraction of sp³-hybridized carbons (Fsp3) is 0.133. The van der Waals surface area contributed by atoms with Crippen molar-refractivity contribution in [2.75, 3.05) is 7.05 Å². The smallest absolute Gasteiger partial charge is 0.242 e. The van der Waals surface area contributed by atoms with Crippen molar-refractivity contribution in [2.45, 2.75) is 6.54 Å². The Balaban J connectivity index is 2.07. The Bertz CT molecular complexity index is 786. The number of hydrogen-bond donors (Lipinski definition) is 1. The van der Waals surface area contributed by atoms with Crippen LogP contribution in [0.15, 0.2) is 42.6 Å². The zero-order valence-corrected chi connectivity index (χ0v) is 12.8. The Hall–Kier alpha value is -1.75. The molecule has 0 amide bonds. The molecule has 0 aliphatic carbocycles. The number of hydrogen-bond acceptors (Lipinski definition) is 3. The quantitative estimate of drug-likeness (QED) is 0.784. The number of rotatable bonds is 4. The zero-order chi connectivity index (χ0) is 14.8. The van der Waals surface area contributed by atoms with Gasteiger partial charge in [-0.05, 0) is 31.3 Å². The van der Waals surface area contributed by atoms with Gasteiger partial charge in [0.15, 0.2) is 0 Å². The standard InChI is InChI=1S/C15H13Cl2N3O/c1-18-9-11-15(19-13-7-2-3-8-20(11)13)21-12-6-4-5-10(16)14(12)17/h2-8,18H,9H2,1H3. The summed E-state index contributed by atoms with van der Waals surface area (Å²) in [5, 5.41) is 3.95. The predicted octanol–water partition coefficient (Wildman–Crippen LogP) is 4.15. The second-order valence-corrected chi connectivity index (χ2v) is 5.26. The third-order valence-electron chi connectivity index (χ3n) is 3.06. The number of nitrogens with one attached hydrogen (secondary N) is 1. The average molecular weight is 322 g/mol. The monoisotopic (exact) mass is 321 g/mol. The number of nitrogens with zero attached hydrogens (tertiary/aromatic N) is 2. The summed E-state index contributed by atoms with van der Waals surface area (Å²) < 4.78 is 7.85. The van der Waals surface area contributed by atoms with E-state index in [1.807, 2.05) is 35.8 Å². The number of fused-ring (bicyclic) bond motifs is 1. The molecule has 0 unspecified atom stereocenters. The molecular weight excluding hydrogens is 309 g/mol. The second-order valence-electron chi connectivity index (χ2n) is 4.48. The van der Waals surface area contributed by atoms with E-state index in [9.17, 15) is 0 Å². The van der Waals surface area contributed by atoms with E-state index in [1.165, 1.54) is 0 Å². The lowest BCUT2D eigenvalue weighted by atomic mass is 10.3. The largest absolute Gasteiger partial charge is 0.436 e. The Morgan fingerprint density at radius 3 is 2.86 bits per heavy atom. The SMILES string of the molecule is CNCc1c(Oc2cccc(Cl)c2Cl)nc2ccccn12. The number of pyridine rings is 1. The van der Waals surface area contributed by atoms with Gasteiger partial charge in [-0.15, -0.1) is 0 Å². The minimum absolute atomic E-state index is 0.381. The number of imidazole rings is 1. The van der Waals surface area contributed by atoms with Crippen LogP contribution in [0.4, 0.5) is 0 Å². The Labute approximate surface area is 132 Å². The molecule has 1 N–H and O–H groups in total. The van der Waals surface area contributed by atoms with E-state index < -0.39 is 0 Å². The van der Waals surface area contributed by atoms with Gasteiger partial charge in [0.05, 0.1) is 5.02 Å². The van der Waals surface area contributed by atoms with Crippen LogP contribution in [0.25, 0.3) is 5.65 Å². The first kappa shape index (κ1) is 14.2. The molecule has 0 spiro atoms. The van der Waals surface area contributed by atoms with Crippen LogP contribution in [0.3, 0.4) is 0 Å². The third-order valence-corrected chi connectivity index (χ3v) is 3.86. The minimum atomic E-state index is 0.381. The predicted molar refractivity (Wildman–Crippen MR) is 84.5 cm³/mol. The summed E-state index contributed by atoms with van der Waals surface area (Å²) in [7, 11) is 1.87. The van der Waals surface area contributed by atoms with Crippen molar-refractivity contribution in [3.8, 4) is 11.6 Å². The first-order chi connectivity index (χ1) is 10.2. The van der Waals surface area contributed by atoms with Crippen LogP contribution in [-0.4, -0.2) is 16.4 Å². The van der Waals surface area contributed by atoms with Crippen molar-refractivity contribution in [1.29, 1.82) is 0 Å². The highest BCUT2D eigenvalue weighted by atomic mass is 35.5. The molecule has 0 bridgehead atoms. The Morgan fingerprint density at radius 2 is 2.05 bits per heavy atom. The first-order valence-corrected chi connectivity index (χ1v) is 7.18. The lowest BCUT2D eigenvalue weighted by molar-refractivity contribution is 0.457. The fourth-order valence-corrected chi connectivity index (χ4v) is 2.43. The molecule has 3 aromatic rings. The van der Waals surface area contributed by atoms with Crippen LogP contribution in [-0.2, 0) is 6.54 Å². The summed E-state index contributed by atoms with van der Waals surface area (Å²) in [5.74, 6) is 1.00. The van der Waals surface area contributed by atoms with Crippen LogP contribution in [0.2, 0.25) is 10.0 Å². The summed E-state index contributed by atoms with van der Waals surface area (Å²) in [5.41, 5.74) is 1.74. The van der Waals surface area contributed by atoms with E-state index in [0.717, 1.165) is 11.3 Å².